The minimum atomic E-state index is -0.0797. The Hall–Kier alpha value is -17.9. The number of nitrogens with zero attached hydrogens (tertiary/aromatic N) is 10. The van der Waals surface area contributed by atoms with Crippen molar-refractivity contribution in [2.75, 3.05) is 0 Å². The van der Waals surface area contributed by atoms with Gasteiger partial charge in [0.15, 0.2) is 23.1 Å². The summed E-state index contributed by atoms with van der Waals surface area (Å²) < 4.78 is 23.2. The number of fused-ring (bicyclic) bond motifs is 30. The van der Waals surface area contributed by atoms with E-state index in [4.69, 9.17) is 34.3 Å². The van der Waals surface area contributed by atoms with Crippen molar-refractivity contribution in [3.8, 4) is 102 Å². The van der Waals surface area contributed by atoms with Crippen LogP contribution in [0, 0.1) is 0 Å². The standard InChI is InChI=1S/C46H28N4S.C43H29N3S.C40H23N3OS/c1-3-14-29(15-4-1)42-45-43(36-22-9-12-25-40(36)51-45)48-46(47-42)30-16-13-19-32(28-30)50-37-23-10-7-20-33(37)34-26-27-39-41(44(34)50)35-21-8-11-24-38(35)49(39)31-17-5-2-6-18-31;1-43(2)33-20-9-6-18-31(33)37-34(43)24-23-30-29-17-7-10-21-35(29)46(40(30)37)28-16-12-15-27(25-28)42-44-38(26-13-4-3-5-14-26)41-39(45-42)32-19-8-11-22-36(32)47-41;1-2-12-24(13-3-1)35-39-36(30-17-7-11-21-34(30)45-39)42-40(41-35)29-16-5-9-19-32(29)43-31-18-8-4-14-25(31)27-22-23-28-26-15-6-10-20-33(26)44-38(28)37(27)43/h1-28H;3-25H,1-2H3;1-23H. The van der Waals surface area contributed by atoms with E-state index in [2.05, 4.69) is 463 Å². The second-order valence-electron chi connectivity index (χ2n) is 37.3. The van der Waals surface area contributed by atoms with Gasteiger partial charge in [-0.05, 0) is 126 Å². The first-order chi connectivity index (χ1) is 70.7. The smallest absolute Gasteiger partial charge is 0.162 e. The number of aromatic nitrogens is 10. The van der Waals surface area contributed by atoms with Crippen molar-refractivity contribution in [2.45, 2.75) is 19.3 Å². The largest absolute Gasteiger partial charge is 0.454 e. The van der Waals surface area contributed by atoms with Crippen molar-refractivity contribution in [3.63, 3.8) is 0 Å². The Balaban J connectivity index is 0.000000102. The highest BCUT2D eigenvalue weighted by molar-refractivity contribution is 7.27. The molecule has 11 heterocycles. The average Bonchev–Trinajstić information content (AvgIpc) is 1.54. The Labute approximate surface area is 831 Å². The van der Waals surface area contributed by atoms with E-state index in [1.54, 1.807) is 34.0 Å². The van der Waals surface area contributed by atoms with Crippen LogP contribution in [0.3, 0.4) is 0 Å². The number of para-hydroxylation sites is 7. The normalized spacial score (nSPS) is 12.5. The van der Waals surface area contributed by atoms with Crippen molar-refractivity contribution < 1.29 is 4.42 Å². The molecule has 0 saturated carbocycles. The fraction of sp³-hybridized carbons (Fsp3) is 0.0233. The zero-order chi connectivity index (χ0) is 94.2. The molecule has 0 bridgehead atoms. The quantitative estimate of drug-likeness (QED) is 0.134. The Morgan fingerprint density at radius 3 is 1.16 bits per heavy atom. The molecule has 19 aromatic carbocycles. The fourth-order valence-corrected chi connectivity index (χ4v) is 26.0. The van der Waals surface area contributed by atoms with Gasteiger partial charge >= 0.3 is 0 Å². The van der Waals surface area contributed by atoms with Gasteiger partial charge in [0.2, 0.25) is 0 Å². The fourth-order valence-electron chi connectivity index (χ4n) is 22.6. The van der Waals surface area contributed by atoms with E-state index in [9.17, 15) is 0 Å². The van der Waals surface area contributed by atoms with Crippen LogP contribution in [0.2, 0.25) is 0 Å². The molecule has 1 aliphatic rings. The molecule has 30 aromatic rings. The maximum atomic E-state index is 6.62. The molecule has 14 heteroatoms. The van der Waals surface area contributed by atoms with Crippen LogP contribution in [0.1, 0.15) is 25.0 Å². The van der Waals surface area contributed by atoms with Crippen LogP contribution >= 0.6 is 34.0 Å². The molecule has 0 aliphatic heterocycles. The Kier molecular flexibility index (Phi) is 18.7. The lowest BCUT2D eigenvalue weighted by Crippen LogP contribution is -2.14. The van der Waals surface area contributed by atoms with E-state index < -0.39 is 0 Å². The maximum Gasteiger partial charge on any atom is 0.162 e. The minimum Gasteiger partial charge on any atom is -0.454 e. The predicted molar refractivity (Wildman–Crippen MR) is 600 cm³/mol. The number of thiophene rings is 3. The highest BCUT2D eigenvalue weighted by atomic mass is 32.1. The number of hydrogen-bond acceptors (Lipinski definition) is 10. The van der Waals surface area contributed by atoms with Gasteiger partial charge < -0.3 is 22.7 Å². The van der Waals surface area contributed by atoms with Crippen LogP contribution in [0.5, 0.6) is 0 Å². The summed E-state index contributed by atoms with van der Waals surface area (Å²) in [5, 5.41) is 15.5. The van der Waals surface area contributed by atoms with Crippen LogP contribution in [-0.2, 0) is 5.41 Å². The van der Waals surface area contributed by atoms with Crippen LogP contribution in [0.4, 0.5) is 0 Å². The monoisotopic (exact) mass is 1880 g/mol. The molecule has 0 fully saturated rings. The number of furan rings is 1. The Morgan fingerprint density at radius 1 is 0.238 bits per heavy atom. The van der Waals surface area contributed by atoms with E-state index in [0.29, 0.717) is 5.82 Å². The van der Waals surface area contributed by atoms with E-state index >= 15 is 0 Å². The lowest BCUT2D eigenvalue weighted by atomic mass is 9.82. The van der Waals surface area contributed by atoms with Gasteiger partial charge in [-0.3, -0.25) is 0 Å². The van der Waals surface area contributed by atoms with E-state index in [-0.39, 0.29) is 5.41 Å². The third-order valence-electron chi connectivity index (χ3n) is 29.0. The highest BCUT2D eigenvalue weighted by Gasteiger charge is 2.38. The molecule has 0 unspecified atom stereocenters. The summed E-state index contributed by atoms with van der Waals surface area (Å²) in [5.41, 5.74) is 32.8. The average molecular weight is 1880 g/mol. The predicted octanol–water partition coefficient (Wildman–Crippen LogP) is 35.1. The maximum absolute atomic E-state index is 6.62. The molecule has 1 aliphatic carbocycles. The van der Waals surface area contributed by atoms with Crippen molar-refractivity contribution in [1.82, 2.24) is 48.2 Å². The Morgan fingerprint density at radius 2 is 0.615 bits per heavy atom. The summed E-state index contributed by atoms with van der Waals surface area (Å²) in [6.45, 7) is 4.70. The van der Waals surface area contributed by atoms with Crippen molar-refractivity contribution in [2.24, 2.45) is 0 Å². The molecular weight excluding hydrogens is 1800 g/mol. The van der Waals surface area contributed by atoms with E-state index in [1.165, 1.54) is 113 Å². The number of rotatable bonds is 10. The molecule has 31 rings (SSSR count). The lowest BCUT2D eigenvalue weighted by Gasteiger charge is -2.21. The molecule has 0 atom stereocenters. The van der Waals surface area contributed by atoms with Crippen molar-refractivity contribution >= 4 is 204 Å². The van der Waals surface area contributed by atoms with Gasteiger partial charge in [-0.1, -0.05) is 354 Å². The topological polar surface area (TPSA) is 110 Å². The van der Waals surface area contributed by atoms with Crippen LogP contribution in [0.15, 0.2) is 453 Å². The van der Waals surface area contributed by atoms with E-state index in [1.807, 2.05) is 18.2 Å². The van der Waals surface area contributed by atoms with Gasteiger partial charge in [0.05, 0.1) is 97.6 Å². The summed E-state index contributed by atoms with van der Waals surface area (Å²) in [5.74, 6) is 2.15. The third kappa shape index (κ3) is 12.9. The summed E-state index contributed by atoms with van der Waals surface area (Å²) in [6.07, 6.45) is 0. The second kappa shape index (κ2) is 32.6. The number of hydrogen-bond donors (Lipinski definition) is 0. The zero-order valence-corrected chi connectivity index (χ0v) is 79.8. The van der Waals surface area contributed by atoms with Gasteiger partial charge in [0.25, 0.3) is 0 Å². The molecule has 11 nitrogen and oxygen atoms in total. The van der Waals surface area contributed by atoms with Gasteiger partial charge in [-0.25, -0.2) is 29.9 Å². The van der Waals surface area contributed by atoms with Crippen LogP contribution < -0.4 is 0 Å². The second-order valence-corrected chi connectivity index (χ2v) is 40.5. The molecule has 143 heavy (non-hydrogen) atoms. The lowest BCUT2D eigenvalue weighted by molar-refractivity contribution is 0.661. The molecule has 0 saturated heterocycles. The van der Waals surface area contributed by atoms with E-state index in [0.717, 1.165) is 165 Å². The minimum absolute atomic E-state index is 0.0797. The first kappa shape index (κ1) is 82.2. The molecule has 0 N–H and O–H groups in total. The molecule has 0 radical (unpaired) electrons. The molecule has 670 valence electrons. The zero-order valence-electron chi connectivity index (χ0n) is 77.3. The van der Waals surface area contributed by atoms with Crippen LogP contribution in [-0.4, -0.2) is 48.2 Å². The van der Waals surface area contributed by atoms with Crippen molar-refractivity contribution in [3.05, 3.63) is 460 Å². The Bertz CT molecular complexity index is 10500. The molecule has 0 amide bonds. The summed E-state index contributed by atoms with van der Waals surface area (Å²) in [7, 11) is 0. The third-order valence-corrected chi connectivity index (χ3v) is 32.5. The van der Waals surface area contributed by atoms with Crippen LogP contribution in [0.25, 0.3) is 272 Å². The molecular formula is C129H80N10OS3. The first-order valence-electron chi connectivity index (χ1n) is 48.3. The highest BCUT2D eigenvalue weighted by Crippen LogP contribution is 2.55. The van der Waals surface area contributed by atoms with Gasteiger partial charge in [-0.15, -0.1) is 34.0 Å². The van der Waals surface area contributed by atoms with Crippen molar-refractivity contribution in [1.29, 1.82) is 0 Å². The van der Waals surface area contributed by atoms with Gasteiger partial charge in [0, 0.05) is 146 Å². The first-order valence-corrected chi connectivity index (χ1v) is 50.7. The molecule has 0 spiro atoms. The molecule has 11 aromatic heterocycles. The van der Waals surface area contributed by atoms with Gasteiger partial charge in [-0.2, -0.15) is 0 Å². The SMILES string of the molecule is CC1(C)c2ccccc2-c2c1ccc1c3ccccc3n(-c3cccc(-c4nc(-c5ccccc5)c5sc6ccccc6c5n4)c3)c21.c1ccc(-c2nc(-c3cccc(-n4c5ccccc5c5ccc6c(c7ccccc7n6-c6ccccc6)c54)c3)nc3c2sc2ccccc23)cc1.c1ccc(-c2nc(-c3ccccc3-n3c4ccccc4c4ccc5c6ccccc6oc5c43)nc3c2sc2ccccc23)cc1. The summed E-state index contributed by atoms with van der Waals surface area (Å²) in [6, 6.07) is 159. The summed E-state index contributed by atoms with van der Waals surface area (Å²) >= 11 is 5.28. The number of benzene rings is 19. The van der Waals surface area contributed by atoms with Gasteiger partial charge in [0.1, 0.15) is 5.58 Å². The summed E-state index contributed by atoms with van der Waals surface area (Å²) in [4.78, 5) is 31.8.